The topological polar surface area (TPSA) is 21.3 Å². The SMILES string of the molecule is CC1CNC2CCCc3ccccc3C2O1. The second kappa shape index (κ2) is 4.19. The number of ether oxygens (including phenoxy) is 1. The van der Waals surface area contributed by atoms with Crippen LogP contribution < -0.4 is 5.32 Å². The molecule has 0 saturated carbocycles. The predicted molar refractivity (Wildman–Crippen MR) is 64.5 cm³/mol. The summed E-state index contributed by atoms with van der Waals surface area (Å²) in [5.74, 6) is 0. The molecule has 3 unspecified atom stereocenters. The van der Waals surface area contributed by atoms with Crippen LogP contribution in [0.2, 0.25) is 0 Å². The Hall–Kier alpha value is -0.860. The summed E-state index contributed by atoms with van der Waals surface area (Å²) in [6.07, 6.45) is 4.28. The fraction of sp³-hybridized carbons (Fsp3) is 0.571. The van der Waals surface area contributed by atoms with Crippen molar-refractivity contribution in [2.75, 3.05) is 6.54 Å². The van der Waals surface area contributed by atoms with Crippen LogP contribution >= 0.6 is 0 Å². The molecule has 1 fully saturated rings. The number of fused-ring (bicyclic) bond motifs is 3. The molecule has 1 N–H and O–H groups in total. The molecule has 1 aromatic carbocycles. The van der Waals surface area contributed by atoms with Gasteiger partial charge in [-0.05, 0) is 37.3 Å². The number of hydrogen-bond donors (Lipinski definition) is 1. The molecule has 2 heteroatoms. The highest BCUT2D eigenvalue weighted by Crippen LogP contribution is 2.34. The maximum Gasteiger partial charge on any atom is 0.0984 e. The van der Waals surface area contributed by atoms with Crippen molar-refractivity contribution in [2.45, 2.75) is 44.4 Å². The molecule has 1 heterocycles. The van der Waals surface area contributed by atoms with Crippen molar-refractivity contribution in [3.8, 4) is 0 Å². The Morgan fingerprint density at radius 2 is 2.19 bits per heavy atom. The summed E-state index contributed by atoms with van der Waals surface area (Å²) in [4.78, 5) is 0. The lowest BCUT2D eigenvalue weighted by Gasteiger charge is -2.36. The van der Waals surface area contributed by atoms with E-state index in [1.54, 1.807) is 0 Å². The molecular formula is C14H19NO. The van der Waals surface area contributed by atoms with E-state index in [2.05, 4.69) is 36.5 Å². The molecule has 0 amide bonds. The van der Waals surface area contributed by atoms with Crippen LogP contribution in [0, 0.1) is 0 Å². The Morgan fingerprint density at radius 3 is 3.12 bits per heavy atom. The van der Waals surface area contributed by atoms with E-state index in [9.17, 15) is 0 Å². The van der Waals surface area contributed by atoms with Crippen LogP contribution in [0.1, 0.15) is 37.0 Å². The molecule has 1 aliphatic heterocycles. The zero-order valence-electron chi connectivity index (χ0n) is 9.78. The average Bonchev–Trinajstić information content (AvgIpc) is 2.48. The Labute approximate surface area is 97.0 Å². The van der Waals surface area contributed by atoms with E-state index in [0.29, 0.717) is 12.1 Å². The molecule has 16 heavy (non-hydrogen) atoms. The second-order valence-electron chi connectivity index (χ2n) is 4.97. The Balaban J connectivity index is 1.97. The molecule has 0 aromatic heterocycles. The van der Waals surface area contributed by atoms with E-state index >= 15 is 0 Å². The van der Waals surface area contributed by atoms with Crippen molar-refractivity contribution in [3.63, 3.8) is 0 Å². The molecule has 3 atom stereocenters. The van der Waals surface area contributed by atoms with Crippen molar-refractivity contribution in [2.24, 2.45) is 0 Å². The van der Waals surface area contributed by atoms with Crippen LogP contribution in [0.15, 0.2) is 24.3 Å². The number of hydrogen-bond acceptors (Lipinski definition) is 2. The maximum atomic E-state index is 6.13. The van der Waals surface area contributed by atoms with Crippen LogP contribution in [0.25, 0.3) is 0 Å². The zero-order valence-corrected chi connectivity index (χ0v) is 9.78. The summed E-state index contributed by atoms with van der Waals surface area (Å²) >= 11 is 0. The second-order valence-corrected chi connectivity index (χ2v) is 4.97. The van der Waals surface area contributed by atoms with Crippen LogP contribution in [-0.4, -0.2) is 18.7 Å². The smallest absolute Gasteiger partial charge is 0.0984 e. The molecule has 2 aliphatic rings. The van der Waals surface area contributed by atoms with Gasteiger partial charge in [0.15, 0.2) is 0 Å². The van der Waals surface area contributed by atoms with E-state index in [-0.39, 0.29) is 6.10 Å². The number of aryl methyl sites for hydroxylation is 1. The first-order chi connectivity index (χ1) is 7.84. The standard InChI is InChI=1S/C14H19NO/c1-10-9-15-13-8-4-6-11-5-2-3-7-12(11)14(13)16-10/h2-3,5,7,10,13-15H,4,6,8-9H2,1H3. The molecule has 1 aromatic rings. The number of morpholine rings is 1. The number of nitrogens with one attached hydrogen (secondary N) is 1. The van der Waals surface area contributed by atoms with Gasteiger partial charge in [-0.1, -0.05) is 24.3 Å². The zero-order chi connectivity index (χ0) is 11.0. The van der Waals surface area contributed by atoms with E-state index in [1.807, 2.05) is 0 Å². The predicted octanol–water partition coefficient (Wildman–Crippen LogP) is 2.44. The molecule has 0 radical (unpaired) electrons. The minimum absolute atomic E-state index is 0.266. The van der Waals surface area contributed by atoms with Gasteiger partial charge in [-0.15, -0.1) is 0 Å². The Morgan fingerprint density at radius 1 is 1.31 bits per heavy atom. The normalized spacial score (nSPS) is 33.7. The van der Waals surface area contributed by atoms with Gasteiger partial charge in [-0.25, -0.2) is 0 Å². The summed E-state index contributed by atoms with van der Waals surface area (Å²) in [5, 5.41) is 3.63. The third-order valence-corrected chi connectivity index (χ3v) is 3.73. The lowest BCUT2D eigenvalue weighted by molar-refractivity contribution is -0.0569. The van der Waals surface area contributed by atoms with Crippen LogP contribution in [0.5, 0.6) is 0 Å². The highest BCUT2D eigenvalue weighted by Gasteiger charge is 2.32. The van der Waals surface area contributed by atoms with Crippen molar-refractivity contribution in [1.29, 1.82) is 0 Å². The lowest BCUT2D eigenvalue weighted by atomic mass is 9.97. The molecule has 3 rings (SSSR count). The van der Waals surface area contributed by atoms with Gasteiger partial charge in [-0.2, -0.15) is 0 Å². The van der Waals surface area contributed by atoms with Gasteiger partial charge in [0.25, 0.3) is 0 Å². The Bertz CT molecular complexity index is 375. The van der Waals surface area contributed by atoms with Gasteiger partial charge < -0.3 is 10.1 Å². The first-order valence-electron chi connectivity index (χ1n) is 6.31. The summed E-state index contributed by atoms with van der Waals surface area (Å²) in [6, 6.07) is 9.26. The van der Waals surface area contributed by atoms with E-state index in [4.69, 9.17) is 4.74 Å². The van der Waals surface area contributed by atoms with E-state index < -0.39 is 0 Å². The van der Waals surface area contributed by atoms with E-state index in [0.717, 1.165) is 6.54 Å². The van der Waals surface area contributed by atoms with Gasteiger partial charge in [0, 0.05) is 12.6 Å². The van der Waals surface area contributed by atoms with Gasteiger partial charge in [0.2, 0.25) is 0 Å². The van der Waals surface area contributed by atoms with Gasteiger partial charge in [0.05, 0.1) is 12.2 Å². The van der Waals surface area contributed by atoms with Crippen molar-refractivity contribution < 1.29 is 4.74 Å². The average molecular weight is 217 g/mol. The molecular weight excluding hydrogens is 198 g/mol. The van der Waals surface area contributed by atoms with Gasteiger partial charge in [0.1, 0.15) is 0 Å². The molecule has 1 aliphatic carbocycles. The summed E-state index contributed by atoms with van der Waals surface area (Å²) in [7, 11) is 0. The first-order valence-corrected chi connectivity index (χ1v) is 6.31. The van der Waals surface area contributed by atoms with Crippen molar-refractivity contribution >= 4 is 0 Å². The third kappa shape index (κ3) is 1.76. The summed E-state index contributed by atoms with van der Waals surface area (Å²) in [6.45, 7) is 3.14. The maximum absolute atomic E-state index is 6.13. The first kappa shape index (κ1) is 10.3. The van der Waals surface area contributed by atoms with Crippen LogP contribution in [-0.2, 0) is 11.2 Å². The van der Waals surface area contributed by atoms with Crippen molar-refractivity contribution in [1.82, 2.24) is 5.32 Å². The lowest BCUT2D eigenvalue weighted by Crippen LogP contribution is -2.46. The molecule has 1 saturated heterocycles. The molecule has 2 nitrogen and oxygen atoms in total. The minimum atomic E-state index is 0.266. The molecule has 0 spiro atoms. The van der Waals surface area contributed by atoms with Gasteiger partial charge >= 0.3 is 0 Å². The minimum Gasteiger partial charge on any atom is -0.368 e. The number of benzene rings is 1. The largest absolute Gasteiger partial charge is 0.368 e. The third-order valence-electron chi connectivity index (χ3n) is 3.73. The summed E-state index contributed by atoms with van der Waals surface area (Å²) < 4.78 is 6.13. The Kier molecular flexibility index (Phi) is 2.70. The quantitative estimate of drug-likeness (QED) is 0.720. The molecule has 0 bridgehead atoms. The van der Waals surface area contributed by atoms with Crippen molar-refractivity contribution in [3.05, 3.63) is 35.4 Å². The van der Waals surface area contributed by atoms with Gasteiger partial charge in [-0.3, -0.25) is 0 Å². The highest BCUT2D eigenvalue weighted by atomic mass is 16.5. The summed E-state index contributed by atoms with van der Waals surface area (Å²) in [5.41, 5.74) is 2.88. The number of rotatable bonds is 0. The van der Waals surface area contributed by atoms with E-state index in [1.165, 1.54) is 30.4 Å². The van der Waals surface area contributed by atoms with Crippen LogP contribution in [0.4, 0.5) is 0 Å². The van der Waals surface area contributed by atoms with Crippen LogP contribution in [0.3, 0.4) is 0 Å². The fourth-order valence-electron chi connectivity index (χ4n) is 2.91. The fourth-order valence-corrected chi connectivity index (χ4v) is 2.91. The highest BCUT2D eigenvalue weighted by molar-refractivity contribution is 5.32. The monoisotopic (exact) mass is 217 g/mol. The molecule has 86 valence electrons.